The van der Waals surface area contributed by atoms with Crippen LogP contribution in [-0.2, 0) is 16.6 Å². The minimum atomic E-state index is -1.44. The zero-order valence-corrected chi connectivity index (χ0v) is 14.4. The van der Waals surface area contributed by atoms with Gasteiger partial charge in [-0.25, -0.2) is 4.79 Å². The normalized spacial score (nSPS) is 12.1. The number of carbonyl (C=O) groups is 1. The van der Waals surface area contributed by atoms with Crippen molar-refractivity contribution < 1.29 is 14.1 Å². The summed E-state index contributed by atoms with van der Waals surface area (Å²) in [5, 5.41) is 9.95. The molecule has 2 rings (SSSR count). The molecule has 1 N–H and O–H groups in total. The predicted molar refractivity (Wildman–Crippen MR) is 87.7 cm³/mol. The first-order valence-electron chi connectivity index (χ1n) is 5.74. The molecule has 0 amide bonds. The van der Waals surface area contributed by atoms with Crippen LogP contribution in [0.4, 0.5) is 0 Å². The Labute approximate surface area is 142 Å². The zero-order valence-electron chi connectivity index (χ0n) is 10.5. The highest BCUT2D eigenvalue weighted by Gasteiger charge is 2.15. The first kappa shape index (κ1) is 16.5. The van der Waals surface area contributed by atoms with Gasteiger partial charge in [-0.05, 0) is 46.3 Å². The summed E-state index contributed by atoms with van der Waals surface area (Å²) >= 11 is 15.2. The van der Waals surface area contributed by atoms with E-state index in [0.29, 0.717) is 25.0 Å². The third-order valence-corrected chi connectivity index (χ3v) is 5.50. The quantitative estimate of drug-likeness (QED) is 0.794. The molecular formula is C14H9BrCl2O3S. The molecule has 0 aliphatic rings. The van der Waals surface area contributed by atoms with E-state index >= 15 is 0 Å². The molecule has 0 fully saturated rings. The fourth-order valence-corrected chi connectivity index (χ4v) is 4.01. The highest BCUT2D eigenvalue weighted by molar-refractivity contribution is 9.10. The van der Waals surface area contributed by atoms with Crippen molar-refractivity contribution in [3.63, 3.8) is 0 Å². The summed E-state index contributed by atoms with van der Waals surface area (Å²) in [5.41, 5.74) is 0.644. The molecule has 0 aliphatic heterocycles. The Bertz CT molecular complexity index is 714. The Morgan fingerprint density at radius 1 is 1.19 bits per heavy atom. The van der Waals surface area contributed by atoms with Gasteiger partial charge in [-0.1, -0.05) is 29.3 Å². The average Bonchev–Trinajstić information content (AvgIpc) is 2.43. The van der Waals surface area contributed by atoms with Crippen LogP contribution in [-0.4, -0.2) is 15.3 Å². The summed E-state index contributed by atoms with van der Waals surface area (Å²) in [7, 11) is -1.44. The smallest absolute Gasteiger partial charge is 0.336 e. The van der Waals surface area contributed by atoms with Gasteiger partial charge >= 0.3 is 5.97 Å². The Hall–Kier alpha value is -0.880. The molecule has 21 heavy (non-hydrogen) atoms. The van der Waals surface area contributed by atoms with Gasteiger partial charge in [0.1, 0.15) is 0 Å². The van der Waals surface area contributed by atoms with Gasteiger partial charge in [0.2, 0.25) is 0 Å². The third-order valence-electron chi connectivity index (χ3n) is 2.77. The summed E-state index contributed by atoms with van der Waals surface area (Å²) in [6.07, 6.45) is 0. The minimum absolute atomic E-state index is 0.0612. The largest absolute Gasteiger partial charge is 0.478 e. The number of halogens is 3. The van der Waals surface area contributed by atoms with Crippen molar-refractivity contribution in [2.24, 2.45) is 0 Å². The number of hydrogen-bond acceptors (Lipinski definition) is 2. The maximum absolute atomic E-state index is 12.4. The highest BCUT2D eigenvalue weighted by Crippen LogP contribution is 2.28. The van der Waals surface area contributed by atoms with E-state index in [0.717, 1.165) is 0 Å². The van der Waals surface area contributed by atoms with Crippen molar-refractivity contribution >= 4 is 55.9 Å². The number of carboxylic acid groups (broad SMARTS) is 1. The van der Waals surface area contributed by atoms with Gasteiger partial charge in [-0.15, -0.1) is 0 Å². The van der Waals surface area contributed by atoms with E-state index in [1.54, 1.807) is 30.3 Å². The standard InChI is InChI=1S/C14H9BrCl2O3S/c15-11-5-4-8(6-9(11)14(18)19)21(20)7-10-12(16)2-1-3-13(10)17/h1-6H,7H2,(H,18,19). The van der Waals surface area contributed by atoms with Crippen LogP contribution in [0, 0.1) is 0 Å². The van der Waals surface area contributed by atoms with Gasteiger partial charge in [-0.3, -0.25) is 4.21 Å². The molecule has 0 aromatic heterocycles. The molecule has 0 saturated heterocycles. The summed E-state index contributed by atoms with van der Waals surface area (Å²) in [6.45, 7) is 0. The number of hydrogen-bond donors (Lipinski definition) is 1. The van der Waals surface area contributed by atoms with Gasteiger partial charge in [0.15, 0.2) is 0 Å². The van der Waals surface area contributed by atoms with Gasteiger partial charge in [0.05, 0.1) is 22.1 Å². The van der Waals surface area contributed by atoms with E-state index in [1.807, 2.05) is 0 Å². The molecule has 0 saturated carbocycles. The molecular weight excluding hydrogens is 399 g/mol. The summed E-state index contributed by atoms with van der Waals surface area (Å²) < 4.78 is 12.8. The highest BCUT2D eigenvalue weighted by atomic mass is 79.9. The van der Waals surface area contributed by atoms with Crippen molar-refractivity contribution in [3.05, 3.63) is 62.0 Å². The second kappa shape index (κ2) is 6.92. The Kier molecular flexibility index (Phi) is 5.43. The molecule has 0 bridgehead atoms. The molecule has 2 aromatic rings. The van der Waals surface area contributed by atoms with Crippen molar-refractivity contribution in [1.29, 1.82) is 0 Å². The topological polar surface area (TPSA) is 54.4 Å². The minimum Gasteiger partial charge on any atom is -0.478 e. The number of rotatable bonds is 4. The van der Waals surface area contributed by atoms with E-state index in [4.69, 9.17) is 28.3 Å². The van der Waals surface area contributed by atoms with Gasteiger partial charge < -0.3 is 5.11 Å². The second-order valence-corrected chi connectivity index (χ2v) is 7.26. The van der Waals surface area contributed by atoms with Crippen LogP contribution >= 0.6 is 39.1 Å². The van der Waals surface area contributed by atoms with Crippen molar-refractivity contribution in [2.45, 2.75) is 10.6 Å². The van der Waals surface area contributed by atoms with E-state index in [9.17, 15) is 9.00 Å². The lowest BCUT2D eigenvalue weighted by molar-refractivity contribution is 0.0695. The molecule has 3 nitrogen and oxygen atoms in total. The van der Waals surface area contributed by atoms with Crippen LogP contribution in [0.1, 0.15) is 15.9 Å². The third kappa shape index (κ3) is 3.86. The monoisotopic (exact) mass is 406 g/mol. The Morgan fingerprint density at radius 2 is 1.81 bits per heavy atom. The summed E-state index contributed by atoms with van der Waals surface area (Å²) in [6, 6.07) is 9.60. The fourth-order valence-electron chi connectivity index (χ4n) is 1.69. The molecule has 1 atom stereocenters. The summed E-state index contributed by atoms with van der Waals surface area (Å²) in [5.74, 6) is -0.962. The average molecular weight is 408 g/mol. The molecule has 1 unspecified atom stereocenters. The van der Waals surface area contributed by atoms with E-state index in [1.165, 1.54) is 6.07 Å². The van der Waals surface area contributed by atoms with Gasteiger partial charge in [0.25, 0.3) is 0 Å². The molecule has 0 aliphatic carbocycles. The first-order chi connectivity index (χ1) is 9.90. The van der Waals surface area contributed by atoms with Crippen LogP contribution in [0.25, 0.3) is 0 Å². The predicted octanol–water partition coefficient (Wildman–Crippen LogP) is 4.76. The van der Waals surface area contributed by atoms with E-state index in [2.05, 4.69) is 15.9 Å². The lowest BCUT2D eigenvalue weighted by Gasteiger charge is -2.08. The van der Waals surface area contributed by atoms with E-state index < -0.39 is 16.8 Å². The molecule has 2 aromatic carbocycles. The number of benzene rings is 2. The van der Waals surface area contributed by atoms with Crippen molar-refractivity contribution in [2.75, 3.05) is 0 Å². The second-order valence-electron chi connectivity index (χ2n) is 4.14. The summed E-state index contributed by atoms with van der Waals surface area (Å²) in [4.78, 5) is 11.5. The molecule has 0 spiro atoms. The fraction of sp³-hybridized carbons (Fsp3) is 0.0714. The number of aromatic carboxylic acids is 1. The SMILES string of the molecule is O=C(O)c1cc(S(=O)Cc2c(Cl)cccc2Cl)ccc1Br. The zero-order chi connectivity index (χ0) is 15.6. The van der Waals surface area contributed by atoms with Crippen LogP contribution in [0.3, 0.4) is 0 Å². The maximum atomic E-state index is 12.4. The van der Waals surface area contributed by atoms with E-state index in [-0.39, 0.29) is 11.3 Å². The van der Waals surface area contributed by atoms with Crippen LogP contribution in [0.5, 0.6) is 0 Å². The van der Waals surface area contributed by atoms with Crippen LogP contribution in [0.15, 0.2) is 45.8 Å². The van der Waals surface area contributed by atoms with Crippen LogP contribution in [0.2, 0.25) is 10.0 Å². The molecule has 110 valence electrons. The molecule has 0 heterocycles. The molecule has 0 radical (unpaired) electrons. The van der Waals surface area contributed by atoms with Crippen LogP contribution < -0.4 is 0 Å². The maximum Gasteiger partial charge on any atom is 0.336 e. The lowest BCUT2D eigenvalue weighted by Crippen LogP contribution is -2.02. The Balaban J connectivity index is 2.33. The number of carboxylic acids is 1. The van der Waals surface area contributed by atoms with Crippen molar-refractivity contribution in [3.8, 4) is 0 Å². The Morgan fingerprint density at radius 3 is 2.38 bits per heavy atom. The lowest BCUT2D eigenvalue weighted by atomic mass is 10.2. The first-order valence-corrected chi connectivity index (χ1v) is 8.61. The molecule has 7 heteroatoms. The van der Waals surface area contributed by atoms with Crippen molar-refractivity contribution in [1.82, 2.24) is 0 Å². The van der Waals surface area contributed by atoms with Gasteiger partial charge in [0, 0.05) is 25.0 Å². The van der Waals surface area contributed by atoms with Gasteiger partial charge in [-0.2, -0.15) is 0 Å².